The largest absolute Gasteiger partial charge is 0.454 e. The zero-order valence-corrected chi connectivity index (χ0v) is 18.8. The Morgan fingerprint density at radius 2 is 2.06 bits per heavy atom. The molecular weight excluding hydrogens is 468 g/mol. The van der Waals surface area contributed by atoms with E-state index in [1.54, 1.807) is 36.4 Å². The average molecular weight is 485 g/mol. The Hall–Kier alpha value is -3.70. The summed E-state index contributed by atoms with van der Waals surface area (Å²) in [6.07, 6.45) is 1.84. The zero-order valence-electron chi connectivity index (χ0n) is 17.2. The van der Waals surface area contributed by atoms with E-state index in [1.807, 2.05) is 12.3 Å². The van der Waals surface area contributed by atoms with Crippen LogP contribution in [-0.4, -0.2) is 38.9 Å². The lowest BCUT2D eigenvalue weighted by Gasteiger charge is -2.08. The number of nitrogen functional groups attached to an aromatic ring is 1. The van der Waals surface area contributed by atoms with E-state index in [0.29, 0.717) is 44.2 Å². The Balaban J connectivity index is 1.40. The third kappa shape index (κ3) is 4.08. The van der Waals surface area contributed by atoms with Crippen LogP contribution in [0.2, 0.25) is 5.02 Å². The molecule has 1 aliphatic heterocycles. The second-order valence-electron chi connectivity index (χ2n) is 6.95. The highest BCUT2D eigenvalue weighted by Gasteiger charge is 2.24. The van der Waals surface area contributed by atoms with Gasteiger partial charge in [0.2, 0.25) is 18.5 Å². The maximum Gasteiger partial charge on any atom is 0.264 e. The maximum atomic E-state index is 12.5. The van der Waals surface area contributed by atoms with Crippen LogP contribution in [0.3, 0.4) is 0 Å². The Kier molecular flexibility index (Phi) is 5.56. The fourth-order valence-electron chi connectivity index (χ4n) is 3.28. The molecule has 0 spiro atoms. The quantitative estimate of drug-likeness (QED) is 0.391. The molecule has 0 saturated heterocycles. The first-order valence-electron chi connectivity index (χ1n) is 9.72. The molecule has 1 amide bonds. The Morgan fingerprint density at radius 1 is 1.24 bits per heavy atom. The topological polar surface area (TPSA) is 130 Å². The minimum absolute atomic E-state index is 0.117. The van der Waals surface area contributed by atoms with E-state index < -0.39 is 0 Å². The van der Waals surface area contributed by atoms with Crippen LogP contribution in [-0.2, 0) is 11.3 Å². The van der Waals surface area contributed by atoms with Gasteiger partial charge in [-0.25, -0.2) is 4.68 Å². The van der Waals surface area contributed by atoms with Crippen molar-refractivity contribution >= 4 is 40.8 Å². The first kappa shape index (κ1) is 21.2. The van der Waals surface area contributed by atoms with E-state index in [9.17, 15) is 4.79 Å². The second kappa shape index (κ2) is 8.68. The molecule has 0 atom stereocenters. The summed E-state index contributed by atoms with van der Waals surface area (Å²) in [6.45, 7) is 0.0565. The van der Waals surface area contributed by atoms with Crippen molar-refractivity contribution in [2.45, 2.75) is 11.6 Å². The summed E-state index contributed by atoms with van der Waals surface area (Å²) in [5.41, 5.74) is 7.99. The highest BCUT2D eigenvalue weighted by atomic mass is 35.5. The van der Waals surface area contributed by atoms with Crippen LogP contribution in [0.5, 0.6) is 11.5 Å². The first-order chi connectivity index (χ1) is 16.0. The minimum Gasteiger partial charge on any atom is -0.454 e. The van der Waals surface area contributed by atoms with Gasteiger partial charge in [-0.15, -0.1) is 11.8 Å². The number of para-hydroxylation sites is 1. The Bertz CT molecular complexity index is 1350. The van der Waals surface area contributed by atoms with Gasteiger partial charge in [0.1, 0.15) is 23.0 Å². The number of amides is 1. The molecule has 5 rings (SSSR count). The maximum absolute atomic E-state index is 12.5. The summed E-state index contributed by atoms with van der Waals surface area (Å²) in [7, 11) is 0. The number of rotatable bonds is 6. The molecule has 1 aliphatic rings. The lowest BCUT2D eigenvalue weighted by atomic mass is 10.2. The molecule has 12 heteroatoms. The number of hydrogen-bond acceptors (Lipinski definition) is 9. The summed E-state index contributed by atoms with van der Waals surface area (Å²) in [6, 6.07) is 12.3. The minimum atomic E-state index is -0.330. The number of halogens is 1. The molecule has 168 valence electrons. The number of carbonyl (C=O) groups is 1. The van der Waals surface area contributed by atoms with Crippen molar-refractivity contribution in [3.05, 3.63) is 47.5 Å². The van der Waals surface area contributed by atoms with Crippen LogP contribution in [0.1, 0.15) is 0 Å². The number of ether oxygens (including phenoxy) is 2. The molecule has 33 heavy (non-hydrogen) atoms. The van der Waals surface area contributed by atoms with Gasteiger partial charge in [0, 0.05) is 5.56 Å². The number of thioether (sulfide) groups is 1. The number of benzene rings is 2. The number of hydrogen-bond donors (Lipinski definition) is 2. The monoisotopic (exact) mass is 484 g/mol. The van der Waals surface area contributed by atoms with E-state index in [2.05, 4.69) is 20.6 Å². The van der Waals surface area contributed by atoms with Gasteiger partial charge in [-0.1, -0.05) is 28.9 Å². The highest BCUT2D eigenvalue weighted by molar-refractivity contribution is 7.98. The number of fused-ring (bicyclic) bond motifs is 1. The Labute approximate surface area is 197 Å². The lowest BCUT2D eigenvalue weighted by Crippen LogP contribution is -2.20. The van der Waals surface area contributed by atoms with Gasteiger partial charge in [0.05, 0.1) is 10.7 Å². The van der Waals surface area contributed by atoms with E-state index >= 15 is 0 Å². The second-order valence-corrected chi connectivity index (χ2v) is 8.15. The van der Waals surface area contributed by atoms with Gasteiger partial charge < -0.3 is 25.0 Å². The van der Waals surface area contributed by atoms with Gasteiger partial charge in [-0.05, 0) is 36.6 Å². The number of aromatic nitrogens is 4. The number of anilines is 2. The average Bonchev–Trinajstić information content (AvgIpc) is 3.54. The molecule has 0 aliphatic carbocycles. The smallest absolute Gasteiger partial charge is 0.264 e. The third-order valence-corrected chi connectivity index (χ3v) is 5.87. The van der Waals surface area contributed by atoms with Crippen LogP contribution >= 0.6 is 23.4 Å². The molecule has 2 aromatic heterocycles. The SMILES string of the molecule is CSc1nn(CC(=O)Nc2ccccc2Cl)c(N)c1-c1nc(-c2ccc3c(c2)OCO3)no1. The third-order valence-electron chi connectivity index (χ3n) is 4.86. The van der Waals surface area contributed by atoms with Crippen LogP contribution in [0.25, 0.3) is 22.8 Å². The number of carbonyl (C=O) groups excluding carboxylic acids is 1. The van der Waals surface area contributed by atoms with Gasteiger partial charge in [-0.3, -0.25) is 4.79 Å². The first-order valence-corrected chi connectivity index (χ1v) is 11.3. The van der Waals surface area contributed by atoms with Crippen molar-refractivity contribution in [1.82, 2.24) is 19.9 Å². The number of nitrogens with zero attached hydrogens (tertiary/aromatic N) is 4. The summed E-state index contributed by atoms with van der Waals surface area (Å²) in [4.78, 5) is 17.0. The zero-order chi connectivity index (χ0) is 22.9. The molecule has 0 saturated carbocycles. The molecule has 0 fully saturated rings. The van der Waals surface area contributed by atoms with E-state index in [-0.39, 0.29) is 31.0 Å². The normalized spacial score (nSPS) is 12.2. The number of nitrogens with one attached hydrogen (secondary N) is 1. The predicted molar refractivity (Wildman–Crippen MR) is 123 cm³/mol. The van der Waals surface area contributed by atoms with Crippen LogP contribution in [0.4, 0.5) is 11.5 Å². The molecule has 0 radical (unpaired) electrons. The Morgan fingerprint density at radius 3 is 2.88 bits per heavy atom. The molecule has 10 nitrogen and oxygen atoms in total. The molecule has 0 bridgehead atoms. The molecule has 2 aromatic carbocycles. The van der Waals surface area contributed by atoms with Crippen LogP contribution < -0.4 is 20.5 Å². The van der Waals surface area contributed by atoms with Crippen molar-refractivity contribution < 1.29 is 18.8 Å². The fourth-order valence-corrected chi connectivity index (χ4v) is 4.04. The molecule has 3 heterocycles. The van der Waals surface area contributed by atoms with Crippen molar-refractivity contribution in [1.29, 1.82) is 0 Å². The lowest BCUT2D eigenvalue weighted by molar-refractivity contribution is -0.116. The van der Waals surface area contributed by atoms with E-state index in [4.69, 9.17) is 31.3 Å². The van der Waals surface area contributed by atoms with Crippen molar-refractivity contribution in [2.75, 3.05) is 24.1 Å². The van der Waals surface area contributed by atoms with Gasteiger partial charge >= 0.3 is 0 Å². The van der Waals surface area contributed by atoms with Crippen LogP contribution in [0.15, 0.2) is 52.0 Å². The summed E-state index contributed by atoms with van der Waals surface area (Å²) >= 11 is 7.46. The molecule has 3 N–H and O–H groups in total. The van der Waals surface area contributed by atoms with Gasteiger partial charge in [0.15, 0.2) is 11.5 Å². The van der Waals surface area contributed by atoms with Gasteiger partial charge in [-0.2, -0.15) is 10.1 Å². The number of nitrogens with two attached hydrogens (primary N) is 1. The summed E-state index contributed by atoms with van der Waals surface area (Å²) in [5, 5.41) is 12.2. The van der Waals surface area contributed by atoms with E-state index in [1.165, 1.54) is 16.4 Å². The standard InChI is InChI=1S/C21H17ClN6O4S/c1-33-21-17(18(23)28(26-21)9-16(29)24-13-5-3-2-4-12(13)22)20-25-19(27-32-20)11-6-7-14-15(8-11)31-10-30-14/h2-8H,9-10,23H2,1H3,(H,24,29). The fraction of sp³-hybridized carbons (Fsp3) is 0.143. The molecular formula is C21H17ClN6O4S. The predicted octanol–water partition coefficient (Wildman–Crippen LogP) is 3.93. The van der Waals surface area contributed by atoms with Gasteiger partial charge in [0.25, 0.3) is 5.89 Å². The van der Waals surface area contributed by atoms with Crippen molar-refractivity contribution in [3.63, 3.8) is 0 Å². The van der Waals surface area contributed by atoms with E-state index in [0.717, 1.165) is 0 Å². The molecule has 0 unspecified atom stereocenters. The summed E-state index contributed by atoms with van der Waals surface area (Å²) < 4.78 is 17.6. The molecule has 4 aromatic rings. The van der Waals surface area contributed by atoms with Crippen molar-refractivity contribution in [2.24, 2.45) is 0 Å². The highest BCUT2D eigenvalue weighted by Crippen LogP contribution is 2.37. The van der Waals surface area contributed by atoms with Crippen LogP contribution in [0, 0.1) is 0 Å². The van der Waals surface area contributed by atoms with Crippen molar-refractivity contribution in [3.8, 4) is 34.3 Å². The summed E-state index contributed by atoms with van der Waals surface area (Å²) in [5.74, 6) is 1.73.